The van der Waals surface area contributed by atoms with Gasteiger partial charge in [0.25, 0.3) is 0 Å². The molecule has 48 heavy (non-hydrogen) atoms. The van der Waals surface area contributed by atoms with Crippen molar-refractivity contribution >= 4 is 19.8 Å². The van der Waals surface area contributed by atoms with E-state index >= 15 is 0 Å². The van der Waals surface area contributed by atoms with Crippen LogP contribution in [0.1, 0.15) is 174 Å². The third-order valence-electron chi connectivity index (χ3n) is 8.06. The summed E-state index contributed by atoms with van der Waals surface area (Å²) in [5, 5.41) is 0. The van der Waals surface area contributed by atoms with Gasteiger partial charge in [0.15, 0.2) is 6.10 Å². The van der Waals surface area contributed by atoms with Crippen molar-refractivity contribution in [3.05, 3.63) is 24.3 Å². The molecule has 0 saturated heterocycles. The van der Waals surface area contributed by atoms with Crippen LogP contribution < -0.4 is 5.73 Å². The number of hydrogen-bond donors (Lipinski definition) is 2. The molecular weight excluding hydrogens is 629 g/mol. The second-order valence-corrected chi connectivity index (χ2v) is 14.2. The van der Waals surface area contributed by atoms with Gasteiger partial charge in [0, 0.05) is 19.4 Å². The second-order valence-electron chi connectivity index (χ2n) is 12.8. The lowest BCUT2D eigenvalue weighted by molar-refractivity contribution is -0.161. The van der Waals surface area contributed by atoms with Crippen molar-refractivity contribution in [1.82, 2.24) is 0 Å². The van der Waals surface area contributed by atoms with E-state index in [1.165, 1.54) is 70.6 Å². The van der Waals surface area contributed by atoms with Crippen LogP contribution in [0.3, 0.4) is 0 Å². The topological polar surface area (TPSA) is 134 Å². The Morgan fingerprint density at radius 2 is 1.02 bits per heavy atom. The highest BCUT2D eigenvalue weighted by molar-refractivity contribution is 7.47. The molecule has 0 heterocycles. The Balaban J connectivity index is 4.24. The highest BCUT2D eigenvalue weighted by atomic mass is 31.2. The Morgan fingerprint density at radius 1 is 0.604 bits per heavy atom. The van der Waals surface area contributed by atoms with Gasteiger partial charge in [0.2, 0.25) is 0 Å². The van der Waals surface area contributed by atoms with Crippen LogP contribution in [0, 0.1) is 0 Å². The van der Waals surface area contributed by atoms with Crippen molar-refractivity contribution in [3.63, 3.8) is 0 Å². The standard InChI is InChI=1S/C38H72NO8P/c1-3-5-7-9-11-13-15-17-19-21-23-25-27-29-31-38(41)47-36(35-46-48(42,43)45-33-32-39)34-44-37(40)30-28-26-24-22-20-18-16-14-12-10-8-6-4-2/h14-17,36H,3-13,18-35,39H2,1-2H3,(H,42,43)/b16-14+,17-15+/t36-/m1/s1. The number of rotatable bonds is 36. The maximum absolute atomic E-state index is 12.5. The van der Waals surface area contributed by atoms with E-state index in [0.717, 1.165) is 70.6 Å². The Kier molecular flexibility index (Phi) is 34.2. The van der Waals surface area contributed by atoms with E-state index in [1.54, 1.807) is 0 Å². The lowest BCUT2D eigenvalue weighted by Crippen LogP contribution is -2.29. The number of carbonyl (C=O) groups excluding carboxylic acids is 2. The van der Waals surface area contributed by atoms with E-state index < -0.39 is 32.5 Å². The first-order chi connectivity index (χ1) is 23.3. The number of carbonyl (C=O) groups is 2. The summed E-state index contributed by atoms with van der Waals surface area (Å²) < 4.78 is 32.6. The van der Waals surface area contributed by atoms with Gasteiger partial charge in [-0.3, -0.25) is 18.6 Å². The Hall–Kier alpha value is -1.51. The molecule has 0 aliphatic rings. The summed E-state index contributed by atoms with van der Waals surface area (Å²) in [5.41, 5.74) is 5.33. The molecule has 0 radical (unpaired) electrons. The molecule has 2 atom stereocenters. The summed E-state index contributed by atoms with van der Waals surface area (Å²) in [6.45, 7) is 3.68. The van der Waals surface area contributed by atoms with E-state index in [0.29, 0.717) is 6.42 Å². The summed E-state index contributed by atoms with van der Waals surface area (Å²) in [5.74, 6) is -0.848. The number of phosphoric ester groups is 1. The van der Waals surface area contributed by atoms with Crippen molar-refractivity contribution < 1.29 is 37.6 Å². The quantitative estimate of drug-likeness (QED) is 0.0283. The van der Waals surface area contributed by atoms with Gasteiger partial charge in [-0.2, -0.15) is 0 Å². The number of ether oxygens (including phenoxy) is 2. The molecule has 0 aliphatic carbocycles. The molecule has 9 nitrogen and oxygen atoms in total. The molecule has 0 saturated carbocycles. The molecule has 0 aromatic carbocycles. The third kappa shape index (κ3) is 34.4. The van der Waals surface area contributed by atoms with Gasteiger partial charge in [-0.15, -0.1) is 0 Å². The first-order valence-electron chi connectivity index (χ1n) is 19.3. The second kappa shape index (κ2) is 35.3. The van der Waals surface area contributed by atoms with Gasteiger partial charge >= 0.3 is 19.8 Å². The molecular formula is C38H72NO8P. The minimum Gasteiger partial charge on any atom is -0.462 e. The monoisotopic (exact) mass is 701 g/mol. The Bertz CT molecular complexity index is 851. The molecule has 282 valence electrons. The Morgan fingerprint density at radius 3 is 1.50 bits per heavy atom. The van der Waals surface area contributed by atoms with Crippen molar-refractivity contribution in [2.75, 3.05) is 26.4 Å². The lowest BCUT2D eigenvalue weighted by Gasteiger charge is -2.19. The highest BCUT2D eigenvalue weighted by Gasteiger charge is 2.25. The number of allylic oxidation sites excluding steroid dienone is 4. The van der Waals surface area contributed by atoms with Gasteiger partial charge in [-0.25, -0.2) is 4.57 Å². The average molecular weight is 702 g/mol. The van der Waals surface area contributed by atoms with Crippen LogP contribution in [0.4, 0.5) is 0 Å². The van der Waals surface area contributed by atoms with Crippen LogP contribution in [0.5, 0.6) is 0 Å². The Labute approximate surface area is 293 Å². The zero-order valence-corrected chi connectivity index (χ0v) is 31.6. The minimum atomic E-state index is -4.37. The zero-order valence-electron chi connectivity index (χ0n) is 30.7. The van der Waals surface area contributed by atoms with Crippen LogP contribution >= 0.6 is 7.82 Å². The minimum absolute atomic E-state index is 0.0517. The van der Waals surface area contributed by atoms with E-state index in [1.807, 2.05) is 0 Å². The fraction of sp³-hybridized carbons (Fsp3) is 0.842. The molecule has 0 amide bonds. The third-order valence-corrected chi connectivity index (χ3v) is 9.04. The van der Waals surface area contributed by atoms with Crippen molar-refractivity contribution in [1.29, 1.82) is 0 Å². The molecule has 0 aromatic rings. The van der Waals surface area contributed by atoms with Crippen LogP contribution in [-0.2, 0) is 32.7 Å². The van der Waals surface area contributed by atoms with E-state index in [9.17, 15) is 19.0 Å². The SMILES string of the molecule is CCCCCC/C=C/CCCCCCCC(=O)OC[C@H](COP(=O)(O)OCCN)OC(=O)CCCCCCC/C=C/CCCCCCC. The average Bonchev–Trinajstić information content (AvgIpc) is 3.07. The van der Waals surface area contributed by atoms with Crippen molar-refractivity contribution in [2.24, 2.45) is 5.73 Å². The fourth-order valence-electron chi connectivity index (χ4n) is 5.15. The van der Waals surface area contributed by atoms with Crippen LogP contribution in [-0.4, -0.2) is 49.3 Å². The highest BCUT2D eigenvalue weighted by Crippen LogP contribution is 2.43. The molecule has 0 bridgehead atoms. The predicted molar refractivity (Wildman–Crippen MR) is 197 cm³/mol. The lowest BCUT2D eigenvalue weighted by atomic mass is 10.1. The van der Waals surface area contributed by atoms with Crippen molar-refractivity contribution in [3.8, 4) is 0 Å². The molecule has 0 spiro atoms. The van der Waals surface area contributed by atoms with Crippen LogP contribution in [0.25, 0.3) is 0 Å². The van der Waals surface area contributed by atoms with Gasteiger partial charge in [0.1, 0.15) is 6.61 Å². The molecule has 0 rings (SSSR count). The number of esters is 2. The normalized spacial score (nSPS) is 13.7. The van der Waals surface area contributed by atoms with Gasteiger partial charge < -0.3 is 20.1 Å². The maximum Gasteiger partial charge on any atom is 0.472 e. The van der Waals surface area contributed by atoms with Gasteiger partial charge in [0.05, 0.1) is 13.2 Å². The summed E-state index contributed by atoms with van der Waals surface area (Å²) in [7, 11) is -4.37. The molecule has 10 heteroatoms. The summed E-state index contributed by atoms with van der Waals surface area (Å²) >= 11 is 0. The summed E-state index contributed by atoms with van der Waals surface area (Å²) in [4.78, 5) is 34.7. The first kappa shape index (κ1) is 46.5. The first-order valence-corrected chi connectivity index (χ1v) is 20.8. The molecule has 1 unspecified atom stereocenters. The summed E-state index contributed by atoms with van der Waals surface area (Å²) in [6.07, 6.45) is 34.9. The number of hydrogen-bond acceptors (Lipinski definition) is 8. The number of unbranched alkanes of at least 4 members (excludes halogenated alkanes) is 19. The van der Waals surface area contributed by atoms with Crippen molar-refractivity contribution in [2.45, 2.75) is 180 Å². The summed E-state index contributed by atoms with van der Waals surface area (Å²) in [6, 6.07) is 0. The smallest absolute Gasteiger partial charge is 0.462 e. The van der Waals surface area contributed by atoms with Gasteiger partial charge in [-0.05, 0) is 64.2 Å². The maximum atomic E-state index is 12.5. The van der Waals surface area contributed by atoms with Gasteiger partial charge in [-0.1, -0.05) is 122 Å². The van der Waals surface area contributed by atoms with E-state index in [4.69, 9.17) is 24.3 Å². The van der Waals surface area contributed by atoms with Crippen LogP contribution in [0.15, 0.2) is 24.3 Å². The number of phosphoric acid groups is 1. The largest absolute Gasteiger partial charge is 0.472 e. The molecule has 0 fully saturated rings. The zero-order chi connectivity index (χ0) is 35.4. The van der Waals surface area contributed by atoms with E-state index in [2.05, 4.69) is 38.2 Å². The van der Waals surface area contributed by atoms with E-state index in [-0.39, 0.29) is 32.6 Å². The molecule has 0 aromatic heterocycles. The predicted octanol–water partition coefficient (Wildman–Crippen LogP) is 10.4. The van der Waals surface area contributed by atoms with Crippen LogP contribution in [0.2, 0.25) is 0 Å². The fourth-order valence-corrected chi connectivity index (χ4v) is 5.92. The molecule has 3 N–H and O–H groups in total. The number of nitrogens with two attached hydrogens (primary N) is 1. The molecule has 0 aliphatic heterocycles.